The fraction of sp³-hybridized carbons (Fsp3) is 0.417. The summed E-state index contributed by atoms with van der Waals surface area (Å²) in [7, 11) is 0. The first-order chi connectivity index (χ1) is 6.86. The van der Waals surface area contributed by atoms with Gasteiger partial charge in [0, 0.05) is 6.20 Å². The molecule has 1 unspecified atom stereocenters. The topological polar surface area (TPSA) is 38.9 Å². The Labute approximate surface area is 84.9 Å². The van der Waals surface area contributed by atoms with Crippen LogP contribution in [0.1, 0.15) is 37.4 Å². The normalized spacial score (nSPS) is 17.9. The lowest BCUT2D eigenvalue weighted by Gasteiger charge is -2.11. The number of nitrogens with two attached hydrogens (primary N) is 1. The molecule has 1 atom stereocenters. The van der Waals surface area contributed by atoms with E-state index in [2.05, 4.69) is 11.1 Å². The van der Waals surface area contributed by atoms with Gasteiger partial charge in [0.2, 0.25) is 0 Å². The van der Waals surface area contributed by atoms with Crippen molar-refractivity contribution in [3.05, 3.63) is 41.7 Å². The van der Waals surface area contributed by atoms with Gasteiger partial charge in [-0.3, -0.25) is 4.98 Å². The van der Waals surface area contributed by atoms with Gasteiger partial charge in [-0.05, 0) is 37.8 Å². The van der Waals surface area contributed by atoms with Crippen LogP contribution >= 0.6 is 0 Å². The van der Waals surface area contributed by atoms with Gasteiger partial charge in [0.15, 0.2) is 0 Å². The minimum Gasteiger partial charge on any atom is -0.322 e. The number of nitrogens with zero attached hydrogens (tertiary/aromatic N) is 1. The Morgan fingerprint density at radius 1 is 1.43 bits per heavy atom. The van der Waals surface area contributed by atoms with Crippen LogP contribution in [0.15, 0.2) is 36.0 Å². The van der Waals surface area contributed by atoms with Crippen molar-refractivity contribution in [1.29, 1.82) is 0 Å². The summed E-state index contributed by atoms with van der Waals surface area (Å²) in [6.07, 6.45) is 8.84. The summed E-state index contributed by atoms with van der Waals surface area (Å²) in [6.45, 7) is 0. The number of pyridine rings is 1. The highest BCUT2D eigenvalue weighted by molar-refractivity contribution is 5.15. The molecule has 2 heteroatoms. The van der Waals surface area contributed by atoms with E-state index in [0.29, 0.717) is 0 Å². The summed E-state index contributed by atoms with van der Waals surface area (Å²) in [5.74, 6) is 0. The van der Waals surface area contributed by atoms with Gasteiger partial charge in [0.25, 0.3) is 0 Å². The Balaban J connectivity index is 1.99. The maximum atomic E-state index is 6.07. The second kappa shape index (κ2) is 4.38. The molecule has 2 nitrogen and oxygen atoms in total. The molecule has 0 saturated heterocycles. The Kier molecular flexibility index (Phi) is 2.94. The lowest BCUT2D eigenvalue weighted by Crippen LogP contribution is -2.12. The molecule has 0 aliphatic heterocycles. The number of rotatable bonds is 3. The maximum absolute atomic E-state index is 6.07. The van der Waals surface area contributed by atoms with E-state index < -0.39 is 0 Å². The summed E-state index contributed by atoms with van der Waals surface area (Å²) in [5, 5.41) is 0. The summed E-state index contributed by atoms with van der Waals surface area (Å²) >= 11 is 0. The van der Waals surface area contributed by atoms with Crippen molar-refractivity contribution in [3.63, 3.8) is 0 Å². The van der Waals surface area contributed by atoms with Gasteiger partial charge in [0.05, 0.1) is 11.7 Å². The van der Waals surface area contributed by atoms with E-state index in [1.807, 2.05) is 18.2 Å². The zero-order chi connectivity index (χ0) is 9.80. The quantitative estimate of drug-likeness (QED) is 0.740. The molecule has 1 heterocycles. The molecule has 0 bridgehead atoms. The Hall–Kier alpha value is -1.15. The second-order valence-electron chi connectivity index (χ2n) is 3.82. The van der Waals surface area contributed by atoms with Crippen LogP contribution in [-0.4, -0.2) is 4.98 Å². The van der Waals surface area contributed by atoms with Crippen LogP contribution < -0.4 is 5.73 Å². The van der Waals surface area contributed by atoms with Crippen molar-refractivity contribution in [1.82, 2.24) is 4.98 Å². The number of hydrogen-bond acceptors (Lipinski definition) is 2. The average molecular weight is 188 g/mol. The number of aromatic nitrogens is 1. The van der Waals surface area contributed by atoms with Gasteiger partial charge in [0.1, 0.15) is 0 Å². The van der Waals surface area contributed by atoms with Crippen LogP contribution in [0.2, 0.25) is 0 Å². The third kappa shape index (κ3) is 2.20. The summed E-state index contributed by atoms with van der Waals surface area (Å²) in [4.78, 5) is 4.27. The summed E-state index contributed by atoms with van der Waals surface area (Å²) in [5.41, 5.74) is 8.57. The molecular weight excluding hydrogens is 172 g/mol. The van der Waals surface area contributed by atoms with Crippen LogP contribution in [0.5, 0.6) is 0 Å². The molecule has 2 rings (SSSR count). The highest BCUT2D eigenvalue weighted by atomic mass is 14.8. The molecule has 0 saturated carbocycles. The minimum absolute atomic E-state index is 0.0700. The SMILES string of the molecule is NC(CC1=CCCC1)c1ccccn1. The molecule has 0 amide bonds. The molecule has 0 fully saturated rings. The molecule has 0 radical (unpaired) electrons. The Morgan fingerprint density at radius 2 is 2.36 bits per heavy atom. The van der Waals surface area contributed by atoms with Crippen LogP contribution in [-0.2, 0) is 0 Å². The summed E-state index contributed by atoms with van der Waals surface area (Å²) < 4.78 is 0. The van der Waals surface area contributed by atoms with E-state index in [-0.39, 0.29) is 6.04 Å². The van der Waals surface area contributed by atoms with Crippen molar-refractivity contribution >= 4 is 0 Å². The minimum atomic E-state index is 0.0700. The lowest BCUT2D eigenvalue weighted by atomic mass is 10.0. The van der Waals surface area contributed by atoms with Crippen LogP contribution in [0, 0.1) is 0 Å². The van der Waals surface area contributed by atoms with E-state index in [1.165, 1.54) is 24.8 Å². The average Bonchev–Trinajstić information content (AvgIpc) is 2.72. The molecule has 2 N–H and O–H groups in total. The Morgan fingerprint density at radius 3 is 3.00 bits per heavy atom. The van der Waals surface area contributed by atoms with Crippen molar-refractivity contribution in [2.45, 2.75) is 31.7 Å². The van der Waals surface area contributed by atoms with Crippen molar-refractivity contribution in [3.8, 4) is 0 Å². The van der Waals surface area contributed by atoms with Gasteiger partial charge in [-0.15, -0.1) is 0 Å². The van der Waals surface area contributed by atoms with E-state index >= 15 is 0 Å². The number of hydrogen-bond donors (Lipinski definition) is 1. The fourth-order valence-corrected chi connectivity index (χ4v) is 1.91. The smallest absolute Gasteiger partial charge is 0.0574 e. The third-order valence-corrected chi connectivity index (χ3v) is 2.68. The second-order valence-corrected chi connectivity index (χ2v) is 3.82. The molecule has 0 spiro atoms. The largest absolute Gasteiger partial charge is 0.322 e. The van der Waals surface area contributed by atoms with E-state index in [9.17, 15) is 0 Å². The monoisotopic (exact) mass is 188 g/mol. The molecule has 14 heavy (non-hydrogen) atoms. The molecule has 1 aliphatic rings. The highest BCUT2D eigenvalue weighted by Gasteiger charge is 2.11. The zero-order valence-corrected chi connectivity index (χ0v) is 8.32. The predicted molar refractivity (Wildman–Crippen MR) is 57.7 cm³/mol. The van der Waals surface area contributed by atoms with E-state index in [4.69, 9.17) is 5.73 Å². The molecule has 0 aromatic carbocycles. The molecule has 1 aromatic rings. The molecular formula is C12H16N2. The van der Waals surface area contributed by atoms with Crippen LogP contribution in [0.3, 0.4) is 0 Å². The van der Waals surface area contributed by atoms with Crippen molar-refractivity contribution in [2.24, 2.45) is 5.73 Å². The lowest BCUT2D eigenvalue weighted by molar-refractivity contribution is 0.676. The van der Waals surface area contributed by atoms with E-state index in [0.717, 1.165) is 12.1 Å². The van der Waals surface area contributed by atoms with E-state index in [1.54, 1.807) is 6.20 Å². The molecule has 1 aromatic heterocycles. The van der Waals surface area contributed by atoms with Gasteiger partial charge < -0.3 is 5.73 Å². The van der Waals surface area contributed by atoms with Crippen molar-refractivity contribution < 1.29 is 0 Å². The maximum Gasteiger partial charge on any atom is 0.0574 e. The van der Waals surface area contributed by atoms with Gasteiger partial charge in [-0.1, -0.05) is 17.7 Å². The first-order valence-electron chi connectivity index (χ1n) is 5.20. The van der Waals surface area contributed by atoms with Gasteiger partial charge in [-0.25, -0.2) is 0 Å². The first kappa shape index (κ1) is 9.41. The third-order valence-electron chi connectivity index (χ3n) is 2.68. The fourth-order valence-electron chi connectivity index (χ4n) is 1.91. The zero-order valence-electron chi connectivity index (χ0n) is 8.32. The van der Waals surface area contributed by atoms with Gasteiger partial charge >= 0.3 is 0 Å². The standard InChI is InChI=1S/C12H16N2/c13-11(9-10-5-1-2-6-10)12-7-3-4-8-14-12/h3-5,7-8,11H,1-2,6,9,13H2. The Bertz CT molecular complexity index is 316. The molecule has 74 valence electrons. The number of allylic oxidation sites excluding steroid dienone is 1. The predicted octanol–water partition coefficient (Wildman–Crippen LogP) is 2.58. The van der Waals surface area contributed by atoms with Crippen LogP contribution in [0.4, 0.5) is 0 Å². The molecule has 1 aliphatic carbocycles. The summed E-state index contributed by atoms with van der Waals surface area (Å²) in [6, 6.07) is 5.98. The highest BCUT2D eigenvalue weighted by Crippen LogP contribution is 2.25. The first-order valence-corrected chi connectivity index (χ1v) is 5.20. The van der Waals surface area contributed by atoms with Crippen LogP contribution in [0.25, 0.3) is 0 Å². The van der Waals surface area contributed by atoms with Crippen molar-refractivity contribution in [2.75, 3.05) is 0 Å². The van der Waals surface area contributed by atoms with Gasteiger partial charge in [-0.2, -0.15) is 0 Å².